The van der Waals surface area contributed by atoms with Gasteiger partial charge >= 0.3 is 0 Å². The summed E-state index contributed by atoms with van der Waals surface area (Å²) in [5.41, 5.74) is 0.946. The third kappa shape index (κ3) is 3.20. The second-order valence-corrected chi connectivity index (χ2v) is 5.88. The Labute approximate surface area is 103 Å². The van der Waals surface area contributed by atoms with Gasteiger partial charge < -0.3 is 9.84 Å². The first-order valence-electron chi connectivity index (χ1n) is 6.06. The van der Waals surface area contributed by atoms with Crippen LogP contribution in [0.4, 0.5) is 0 Å². The molecule has 2 N–H and O–H groups in total. The van der Waals surface area contributed by atoms with Crippen LogP contribution in [0.25, 0.3) is 0 Å². The summed E-state index contributed by atoms with van der Waals surface area (Å²) in [4.78, 5) is 0. The van der Waals surface area contributed by atoms with Crippen molar-refractivity contribution in [1.29, 1.82) is 0 Å². The third-order valence-electron chi connectivity index (χ3n) is 3.17. The third-order valence-corrected chi connectivity index (χ3v) is 3.17. The molecule has 1 unspecified atom stereocenters. The molecule has 0 bridgehead atoms. The molecule has 3 nitrogen and oxygen atoms in total. The van der Waals surface area contributed by atoms with Crippen molar-refractivity contribution >= 4 is 0 Å². The topological polar surface area (TPSA) is 41.5 Å². The first-order valence-corrected chi connectivity index (χ1v) is 6.06. The molecule has 0 aromatic heterocycles. The van der Waals surface area contributed by atoms with Crippen LogP contribution in [0.3, 0.4) is 0 Å². The van der Waals surface area contributed by atoms with Gasteiger partial charge in [-0.3, -0.25) is 5.32 Å². The average Bonchev–Trinajstić information content (AvgIpc) is 2.24. The average molecular weight is 235 g/mol. The number of hydrogen-bond donors (Lipinski definition) is 2. The lowest BCUT2D eigenvalue weighted by Crippen LogP contribution is -2.56. The van der Waals surface area contributed by atoms with Crippen LogP contribution in [0.2, 0.25) is 0 Å². The molecule has 1 aromatic rings. The van der Waals surface area contributed by atoms with Crippen LogP contribution in [0.1, 0.15) is 26.3 Å². The number of phenols is 1. The van der Waals surface area contributed by atoms with Crippen molar-refractivity contribution in [2.75, 3.05) is 13.2 Å². The van der Waals surface area contributed by atoms with Crippen molar-refractivity contribution in [2.24, 2.45) is 5.41 Å². The minimum Gasteiger partial charge on any atom is -0.508 e. The summed E-state index contributed by atoms with van der Waals surface area (Å²) < 4.78 is 5.93. The van der Waals surface area contributed by atoms with Crippen LogP contribution in [0, 0.1) is 5.41 Å². The zero-order valence-electron chi connectivity index (χ0n) is 10.8. The highest BCUT2D eigenvalue weighted by molar-refractivity contribution is 5.28. The van der Waals surface area contributed by atoms with Crippen LogP contribution in [0.15, 0.2) is 24.3 Å². The largest absolute Gasteiger partial charge is 0.508 e. The standard InChI is InChI=1S/C14H21NO2/c1-13(2)9-15-14(3,17-10-13)8-11-5-4-6-12(16)7-11/h4-7,15-16H,8-10H2,1-3H3. The van der Waals surface area contributed by atoms with E-state index in [0.717, 1.165) is 25.1 Å². The van der Waals surface area contributed by atoms with Crippen molar-refractivity contribution in [3.05, 3.63) is 29.8 Å². The molecule has 0 radical (unpaired) electrons. The zero-order chi connectivity index (χ0) is 12.5. The minimum atomic E-state index is -0.330. The van der Waals surface area contributed by atoms with Crippen LogP contribution in [0.5, 0.6) is 5.75 Å². The number of hydrogen-bond acceptors (Lipinski definition) is 3. The number of rotatable bonds is 2. The van der Waals surface area contributed by atoms with E-state index in [9.17, 15) is 5.11 Å². The molecule has 1 aromatic carbocycles. The molecule has 1 heterocycles. The lowest BCUT2D eigenvalue weighted by molar-refractivity contribution is -0.125. The molecular weight excluding hydrogens is 214 g/mol. The van der Waals surface area contributed by atoms with Crippen molar-refractivity contribution < 1.29 is 9.84 Å². The molecule has 0 saturated carbocycles. The van der Waals surface area contributed by atoms with E-state index in [1.807, 2.05) is 12.1 Å². The predicted molar refractivity (Wildman–Crippen MR) is 68.0 cm³/mol. The fourth-order valence-corrected chi connectivity index (χ4v) is 2.05. The highest BCUT2D eigenvalue weighted by Crippen LogP contribution is 2.27. The van der Waals surface area contributed by atoms with E-state index in [1.165, 1.54) is 0 Å². The Morgan fingerprint density at radius 3 is 2.71 bits per heavy atom. The van der Waals surface area contributed by atoms with Gasteiger partial charge in [0, 0.05) is 18.4 Å². The molecule has 0 amide bonds. The van der Waals surface area contributed by atoms with Crippen LogP contribution in [-0.2, 0) is 11.2 Å². The lowest BCUT2D eigenvalue weighted by Gasteiger charge is -2.42. The maximum atomic E-state index is 9.45. The van der Waals surface area contributed by atoms with Crippen molar-refractivity contribution in [3.8, 4) is 5.75 Å². The summed E-state index contributed by atoms with van der Waals surface area (Å²) in [6, 6.07) is 7.34. The van der Waals surface area contributed by atoms with E-state index in [2.05, 4.69) is 26.1 Å². The van der Waals surface area contributed by atoms with Gasteiger partial charge in [-0.05, 0) is 24.6 Å². The summed E-state index contributed by atoms with van der Waals surface area (Å²) in [5, 5.41) is 12.9. The summed E-state index contributed by atoms with van der Waals surface area (Å²) in [6.07, 6.45) is 0.761. The van der Waals surface area contributed by atoms with Gasteiger partial charge in [-0.15, -0.1) is 0 Å². The molecular formula is C14H21NO2. The van der Waals surface area contributed by atoms with Crippen molar-refractivity contribution in [2.45, 2.75) is 32.9 Å². The summed E-state index contributed by atoms with van der Waals surface area (Å²) in [6.45, 7) is 8.14. The van der Waals surface area contributed by atoms with Crippen LogP contribution in [-0.4, -0.2) is 24.0 Å². The van der Waals surface area contributed by atoms with E-state index < -0.39 is 0 Å². The fourth-order valence-electron chi connectivity index (χ4n) is 2.05. The predicted octanol–water partition coefficient (Wildman–Crippen LogP) is 2.30. The molecule has 1 aliphatic heterocycles. The number of phenolic OH excluding ortho intramolecular Hbond substituents is 1. The van der Waals surface area contributed by atoms with Gasteiger partial charge in [-0.25, -0.2) is 0 Å². The zero-order valence-corrected chi connectivity index (χ0v) is 10.8. The van der Waals surface area contributed by atoms with Gasteiger partial charge in [-0.1, -0.05) is 26.0 Å². The van der Waals surface area contributed by atoms with Gasteiger partial charge in [0.2, 0.25) is 0 Å². The molecule has 0 aliphatic carbocycles. The summed E-state index contributed by atoms with van der Waals surface area (Å²) >= 11 is 0. The maximum Gasteiger partial charge on any atom is 0.120 e. The Kier molecular flexibility index (Phi) is 3.15. The van der Waals surface area contributed by atoms with Crippen molar-refractivity contribution in [3.63, 3.8) is 0 Å². The first-order chi connectivity index (χ1) is 7.89. The Morgan fingerprint density at radius 2 is 2.12 bits per heavy atom. The Bertz CT molecular complexity index is 391. The SMILES string of the molecule is CC1(C)CNC(C)(Cc2cccc(O)c2)OC1. The Morgan fingerprint density at radius 1 is 1.35 bits per heavy atom. The van der Waals surface area contributed by atoms with Gasteiger partial charge in [0.05, 0.1) is 6.61 Å². The molecule has 3 heteroatoms. The molecule has 94 valence electrons. The van der Waals surface area contributed by atoms with Crippen LogP contribution >= 0.6 is 0 Å². The quantitative estimate of drug-likeness (QED) is 0.826. The Hall–Kier alpha value is -1.06. The monoisotopic (exact) mass is 235 g/mol. The smallest absolute Gasteiger partial charge is 0.120 e. The Balaban J connectivity index is 2.04. The molecule has 17 heavy (non-hydrogen) atoms. The van der Waals surface area contributed by atoms with E-state index in [1.54, 1.807) is 12.1 Å². The molecule has 2 rings (SSSR count). The highest BCUT2D eigenvalue weighted by atomic mass is 16.5. The summed E-state index contributed by atoms with van der Waals surface area (Å²) in [5.74, 6) is 0.308. The second-order valence-electron chi connectivity index (χ2n) is 5.88. The molecule has 1 aliphatic rings. The van der Waals surface area contributed by atoms with E-state index >= 15 is 0 Å². The first kappa shape index (κ1) is 12.4. The van der Waals surface area contributed by atoms with Crippen LogP contribution < -0.4 is 5.32 Å². The minimum absolute atomic E-state index is 0.193. The molecule has 0 spiro atoms. The lowest BCUT2D eigenvalue weighted by atomic mass is 9.90. The van der Waals surface area contributed by atoms with Crippen molar-refractivity contribution in [1.82, 2.24) is 5.32 Å². The molecule has 1 fully saturated rings. The number of nitrogens with one attached hydrogen (secondary N) is 1. The second kappa shape index (κ2) is 4.31. The fraction of sp³-hybridized carbons (Fsp3) is 0.571. The number of benzene rings is 1. The van der Waals surface area contributed by atoms with E-state index in [4.69, 9.17) is 4.74 Å². The van der Waals surface area contributed by atoms with Gasteiger partial charge in [-0.2, -0.15) is 0 Å². The highest BCUT2D eigenvalue weighted by Gasteiger charge is 2.35. The van der Waals surface area contributed by atoms with Gasteiger partial charge in [0.15, 0.2) is 0 Å². The van der Waals surface area contributed by atoms with E-state index in [0.29, 0.717) is 5.75 Å². The maximum absolute atomic E-state index is 9.45. The normalized spacial score (nSPS) is 27.9. The molecule has 1 atom stereocenters. The van der Waals surface area contributed by atoms with E-state index in [-0.39, 0.29) is 11.1 Å². The number of aromatic hydroxyl groups is 1. The van der Waals surface area contributed by atoms with Gasteiger partial charge in [0.25, 0.3) is 0 Å². The summed E-state index contributed by atoms with van der Waals surface area (Å²) in [7, 11) is 0. The molecule has 1 saturated heterocycles. The number of ether oxygens (including phenoxy) is 1. The van der Waals surface area contributed by atoms with Gasteiger partial charge in [0.1, 0.15) is 11.5 Å².